The monoisotopic (exact) mass is 478 g/mol. The minimum atomic E-state index is 0. The summed E-state index contributed by atoms with van der Waals surface area (Å²) >= 11 is 7.77. The van der Waals surface area contributed by atoms with E-state index in [1.807, 2.05) is 32.0 Å². The van der Waals surface area contributed by atoms with Gasteiger partial charge in [0.25, 0.3) is 0 Å². The second-order valence-electron chi connectivity index (χ2n) is 5.36. The van der Waals surface area contributed by atoms with Gasteiger partial charge in [-0.25, -0.2) is 9.98 Å². The fourth-order valence-corrected chi connectivity index (χ4v) is 3.32. The molecule has 24 heavy (non-hydrogen) atoms. The predicted octanol–water partition coefficient (Wildman–Crippen LogP) is 4.85. The van der Waals surface area contributed by atoms with E-state index in [9.17, 15) is 0 Å². The molecule has 0 bridgehead atoms. The van der Waals surface area contributed by atoms with Crippen LogP contribution in [0, 0.1) is 13.8 Å². The molecule has 1 heterocycles. The first kappa shape index (κ1) is 21.2. The molecule has 0 saturated carbocycles. The molecule has 4 nitrogen and oxygen atoms in total. The molecule has 1 atom stereocenters. The van der Waals surface area contributed by atoms with Crippen LogP contribution in [0.15, 0.2) is 29.3 Å². The van der Waals surface area contributed by atoms with Gasteiger partial charge in [-0.2, -0.15) is 0 Å². The molecule has 0 saturated heterocycles. The highest BCUT2D eigenvalue weighted by Crippen LogP contribution is 2.19. The van der Waals surface area contributed by atoms with Crippen LogP contribution in [0.4, 0.5) is 0 Å². The first-order valence-electron chi connectivity index (χ1n) is 7.72. The van der Waals surface area contributed by atoms with Crippen LogP contribution in [0.2, 0.25) is 5.02 Å². The molecule has 132 valence electrons. The fraction of sp³-hybridized carbons (Fsp3) is 0.412. The molecule has 1 unspecified atom stereocenters. The number of hydrogen-bond donors (Lipinski definition) is 2. The maximum Gasteiger partial charge on any atom is 0.192 e. The third kappa shape index (κ3) is 6.22. The summed E-state index contributed by atoms with van der Waals surface area (Å²) in [5.41, 5.74) is 2.20. The van der Waals surface area contributed by atoms with Crippen molar-refractivity contribution in [2.24, 2.45) is 4.99 Å². The summed E-state index contributed by atoms with van der Waals surface area (Å²) in [6.45, 7) is 9.66. The molecule has 2 rings (SSSR count). The van der Waals surface area contributed by atoms with Crippen molar-refractivity contribution in [1.82, 2.24) is 15.6 Å². The van der Waals surface area contributed by atoms with Crippen molar-refractivity contribution < 1.29 is 0 Å². The zero-order valence-electron chi connectivity index (χ0n) is 14.4. The van der Waals surface area contributed by atoms with Crippen molar-refractivity contribution in [3.63, 3.8) is 0 Å². The van der Waals surface area contributed by atoms with Crippen LogP contribution >= 0.6 is 46.9 Å². The molecule has 0 amide bonds. The molecule has 2 aromatic rings. The largest absolute Gasteiger partial charge is 0.357 e. The molecular weight excluding hydrogens is 455 g/mol. The number of nitrogens with zero attached hydrogens (tertiary/aromatic N) is 2. The van der Waals surface area contributed by atoms with E-state index in [-0.39, 0.29) is 30.0 Å². The van der Waals surface area contributed by atoms with Crippen LogP contribution in [-0.4, -0.2) is 17.5 Å². The van der Waals surface area contributed by atoms with Gasteiger partial charge in [-0.3, -0.25) is 0 Å². The van der Waals surface area contributed by atoms with E-state index in [0.29, 0.717) is 6.54 Å². The quantitative estimate of drug-likeness (QED) is 0.367. The zero-order chi connectivity index (χ0) is 16.8. The van der Waals surface area contributed by atoms with E-state index in [4.69, 9.17) is 11.6 Å². The number of aromatic nitrogens is 1. The van der Waals surface area contributed by atoms with Crippen molar-refractivity contribution in [2.75, 3.05) is 6.54 Å². The minimum absolute atomic E-state index is 0. The molecule has 0 spiro atoms. The van der Waals surface area contributed by atoms with E-state index in [1.54, 1.807) is 11.3 Å². The Kier molecular flexibility index (Phi) is 9.01. The van der Waals surface area contributed by atoms with E-state index in [2.05, 4.69) is 40.5 Å². The Morgan fingerprint density at radius 2 is 2.12 bits per heavy atom. The predicted molar refractivity (Wildman–Crippen MR) is 115 cm³/mol. The molecule has 0 radical (unpaired) electrons. The van der Waals surface area contributed by atoms with Crippen molar-refractivity contribution in [3.05, 3.63) is 50.4 Å². The van der Waals surface area contributed by atoms with Crippen molar-refractivity contribution in [2.45, 2.75) is 40.3 Å². The third-order valence-corrected chi connectivity index (χ3v) is 4.72. The number of thiazole rings is 1. The Labute approximate surface area is 170 Å². The molecule has 0 aliphatic rings. The molecule has 7 heteroatoms. The number of rotatable bonds is 5. The van der Waals surface area contributed by atoms with Crippen LogP contribution < -0.4 is 10.6 Å². The molecule has 1 aromatic heterocycles. The average molecular weight is 479 g/mol. The molecule has 2 N–H and O–H groups in total. The number of aliphatic imine (C=N–C) groups is 1. The summed E-state index contributed by atoms with van der Waals surface area (Å²) in [6.07, 6.45) is 0. The minimum Gasteiger partial charge on any atom is -0.357 e. The first-order chi connectivity index (χ1) is 11.0. The van der Waals surface area contributed by atoms with Gasteiger partial charge in [-0.1, -0.05) is 23.7 Å². The number of hydrogen-bond acceptors (Lipinski definition) is 3. The van der Waals surface area contributed by atoms with Gasteiger partial charge in [0, 0.05) is 16.4 Å². The van der Waals surface area contributed by atoms with Crippen molar-refractivity contribution in [3.8, 4) is 0 Å². The smallest absolute Gasteiger partial charge is 0.192 e. The van der Waals surface area contributed by atoms with Gasteiger partial charge in [0.1, 0.15) is 0 Å². The van der Waals surface area contributed by atoms with E-state index < -0.39 is 0 Å². The summed E-state index contributed by atoms with van der Waals surface area (Å²) in [7, 11) is 0. The Hall–Kier alpha value is -0.860. The van der Waals surface area contributed by atoms with Gasteiger partial charge in [0.2, 0.25) is 0 Å². The van der Waals surface area contributed by atoms with Gasteiger partial charge in [-0.05, 0) is 45.4 Å². The first-order valence-corrected chi connectivity index (χ1v) is 8.92. The van der Waals surface area contributed by atoms with Gasteiger partial charge < -0.3 is 10.6 Å². The average Bonchev–Trinajstić information content (AvgIpc) is 2.83. The number of benzene rings is 1. The van der Waals surface area contributed by atoms with Gasteiger partial charge in [-0.15, -0.1) is 35.3 Å². The lowest BCUT2D eigenvalue weighted by molar-refractivity contribution is 0.686. The molecular formula is C17H24ClIN4S. The van der Waals surface area contributed by atoms with Crippen LogP contribution in [0.1, 0.15) is 41.0 Å². The van der Waals surface area contributed by atoms with E-state index in [1.165, 1.54) is 4.88 Å². The number of guanidine groups is 1. The normalized spacial score (nSPS) is 12.5. The highest BCUT2D eigenvalue weighted by molar-refractivity contribution is 14.0. The topological polar surface area (TPSA) is 49.3 Å². The van der Waals surface area contributed by atoms with E-state index in [0.717, 1.165) is 33.8 Å². The second-order valence-corrected chi connectivity index (χ2v) is 7.08. The number of halogens is 2. The van der Waals surface area contributed by atoms with Crippen LogP contribution in [0.25, 0.3) is 0 Å². The summed E-state index contributed by atoms with van der Waals surface area (Å²) in [5, 5.41) is 8.53. The summed E-state index contributed by atoms with van der Waals surface area (Å²) in [5.74, 6) is 0.797. The summed E-state index contributed by atoms with van der Waals surface area (Å²) in [4.78, 5) is 10.3. The van der Waals surface area contributed by atoms with E-state index >= 15 is 0 Å². The lowest BCUT2D eigenvalue weighted by Gasteiger charge is -2.18. The fourth-order valence-electron chi connectivity index (χ4n) is 2.26. The number of nitrogens with one attached hydrogen (secondary N) is 2. The highest BCUT2D eigenvalue weighted by atomic mass is 127. The molecule has 0 aliphatic carbocycles. The van der Waals surface area contributed by atoms with Gasteiger partial charge in [0.05, 0.1) is 23.3 Å². The van der Waals surface area contributed by atoms with Crippen LogP contribution in [0.3, 0.4) is 0 Å². The Balaban J connectivity index is 0.00000288. The standard InChI is InChI=1S/C17H23ClN4S.HI/c1-5-19-17(20-10-16-12(3)21-13(4)23-16)22-11(2)14-7-6-8-15(18)9-14;/h6-9,11H,5,10H2,1-4H3,(H2,19,20,22);1H. The maximum absolute atomic E-state index is 6.07. The Morgan fingerprint density at radius 1 is 1.38 bits per heavy atom. The number of aryl methyl sites for hydroxylation is 2. The lowest BCUT2D eigenvalue weighted by Crippen LogP contribution is -2.38. The molecule has 0 fully saturated rings. The third-order valence-electron chi connectivity index (χ3n) is 3.43. The maximum atomic E-state index is 6.07. The highest BCUT2D eigenvalue weighted by Gasteiger charge is 2.09. The zero-order valence-corrected chi connectivity index (χ0v) is 18.3. The molecule has 0 aliphatic heterocycles. The van der Waals surface area contributed by atoms with Crippen molar-refractivity contribution in [1.29, 1.82) is 0 Å². The van der Waals surface area contributed by atoms with Crippen LogP contribution in [-0.2, 0) is 6.54 Å². The summed E-state index contributed by atoms with van der Waals surface area (Å²) < 4.78 is 0. The van der Waals surface area contributed by atoms with Gasteiger partial charge in [0.15, 0.2) is 5.96 Å². The van der Waals surface area contributed by atoms with Gasteiger partial charge >= 0.3 is 0 Å². The molecule has 1 aromatic carbocycles. The second kappa shape index (κ2) is 10.2. The van der Waals surface area contributed by atoms with Crippen molar-refractivity contribution >= 4 is 52.9 Å². The SMILES string of the molecule is CCNC(=NCc1sc(C)nc1C)NC(C)c1cccc(Cl)c1.I. The Morgan fingerprint density at radius 3 is 2.71 bits per heavy atom. The van der Waals surface area contributed by atoms with Crippen LogP contribution in [0.5, 0.6) is 0 Å². The Bertz CT molecular complexity index is 687. The summed E-state index contributed by atoms with van der Waals surface area (Å²) in [6, 6.07) is 7.99. The lowest BCUT2D eigenvalue weighted by atomic mass is 10.1.